The first kappa shape index (κ1) is 13.1. The molecule has 17 heavy (non-hydrogen) atoms. The van der Waals surface area contributed by atoms with E-state index in [0.717, 1.165) is 0 Å². The van der Waals surface area contributed by atoms with Gasteiger partial charge in [0.1, 0.15) is 12.4 Å². The van der Waals surface area contributed by atoms with E-state index >= 15 is 0 Å². The topological polar surface area (TPSA) is 99.2 Å². The van der Waals surface area contributed by atoms with Crippen molar-refractivity contribution >= 4 is 11.9 Å². The monoisotopic (exact) mass is 240 g/mol. The average molecular weight is 240 g/mol. The Morgan fingerprint density at radius 2 is 2.12 bits per heavy atom. The van der Waals surface area contributed by atoms with Crippen LogP contribution in [0, 0.1) is 12.8 Å². The van der Waals surface area contributed by atoms with E-state index in [0.29, 0.717) is 12.4 Å². The van der Waals surface area contributed by atoms with Crippen LogP contribution in [0.15, 0.2) is 0 Å². The van der Waals surface area contributed by atoms with E-state index in [-0.39, 0.29) is 18.3 Å². The summed E-state index contributed by atoms with van der Waals surface area (Å²) < 4.78 is 0. The third-order valence-corrected chi connectivity index (χ3v) is 1.99. The van der Waals surface area contributed by atoms with Gasteiger partial charge >= 0.3 is 5.97 Å². The molecule has 1 rings (SSSR count). The van der Waals surface area contributed by atoms with Crippen LogP contribution in [0.2, 0.25) is 0 Å². The fourth-order valence-electron chi connectivity index (χ4n) is 1.40. The Bertz CT molecular complexity index is 413. The number of carboxylic acid groups (broad SMARTS) is 1. The molecular formula is C10H16N4O3. The maximum absolute atomic E-state index is 11.9. The van der Waals surface area contributed by atoms with Gasteiger partial charge in [0.25, 0.3) is 5.91 Å². The van der Waals surface area contributed by atoms with Crippen molar-refractivity contribution in [1.82, 2.24) is 20.1 Å². The zero-order valence-corrected chi connectivity index (χ0v) is 10.1. The summed E-state index contributed by atoms with van der Waals surface area (Å²) in [6, 6.07) is 0. The Morgan fingerprint density at radius 1 is 1.47 bits per heavy atom. The summed E-state index contributed by atoms with van der Waals surface area (Å²) in [5, 5.41) is 15.0. The number of carbonyl (C=O) groups excluding carboxylic acids is 1. The van der Waals surface area contributed by atoms with Crippen molar-refractivity contribution in [1.29, 1.82) is 0 Å². The maximum Gasteiger partial charge on any atom is 0.323 e. The summed E-state index contributed by atoms with van der Waals surface area (Å²) in [5.41, 5.74) is 0. The molecule has 0 fully saturated rings. The molecule has 0 radical (unpaired) electrons. The molecule has 1 aromatic rings. The Balaban J connectivity index is 2.82. The molecule has 94 valence electrons. The highest BCUT2D eigenvalue weighted by atomic mass is 16.4. The predicted molar refractivity (Wildman–Crippen MR) is 59.5 cm³/mol. The molecule has 1 amide bonds. The zero-order chi connectivity index (χ0) is 13.0. The standard InChI is InChI=1S/C10H16N4O3/c1-6(2)4-14(5-8(15)16)10(17)9-11-7(3)12-13-9/h6H,4-5H2,1-3H3,(H,15,16)(H,11,12,13). The summed E-state index contributed by atoms with van der Waals surface area (Å²) in [6.07, 6.45) is 0. The molecular weight excluding hydrogens is 224 g/mol. The molecule has 2 N–H and O–H groups in total. The summed E-state index contributed by atoms with van der Waals surface area (Å²) in [6.45, 7) is 5.51. The Kier molecular flexibility index (Phi) is 4.19. The number of nitrogens with zero attached hydrogens (tertiary/aromatic N) is 3. The number of hydrogen-bond acceptors (Lipinski definition) is 4. The van der Waals surface area contributed by atoms with Gasteiger partial charge < -0.3 is 10.0 Å². The average Bonchev–Trinajstić information content (AvgIpc) is 2.61. The minimum Gasteiger partial charge on any atom is -0.480 e. The highest BCUT2D eigenvalue weighted by Crippen LogP contribution is 2.04. The van der Waals surface area contributed by atoms with Gasteiger partial charge in [-0.1, -0.05) is 13.8 Å². The summed E-state index contributed by atoms with van der Waals surface area (Å²) in [4.78, 5) is 27.8. The number of H-pyrrole nitrogens is 1. The molecule has 7 nitrogen and oxygen atoms in total. The van der Waals surface area contributed by atoms with Crippen LogP contribution in [0.3, 0.4) is 0 Å². The summed E-state index contributed by atoms with van der Waals surface area (Å²) >= 11 is 0. The van der Waals surface area contributed by atoms with Crippen molar-refractivity contribution in [2.75, 3.05) is 13.1 Å². The molecule has 0 saturated carbocycles. The maximum atomic E-state index is 11.9. The van der Waals surface area contributed by atoms with Crippen molar-refractivity contribution < 1.29 is 14.7 Å². The SMILES string of the molecule is Cc1nc(C(=O)N(CC(=O)O)CC(C)C)n[nH]1. The van der Waals surface area contributed by atoms with E-state index in [1.165, 1.54) is 4.90 Å². The second-order valence-electron chi connectivity index (χ2n) is 4.22. The molecule has 1 aromatic heterocycles. The molecule has 0 spiro atoms. The van der Waals surface area contributed by atoms with Crippen molar-refractivity contribution in [3.05, 3.63) is 11.6 Å². The lowest BCUT2D eigenvalue weighted by Gasteiger charge is -2.21. The number of carbonyl (C=O) groups is 2. The highest BCUT2D eigenvalue weighted by molar-refractivity contribution is 5.92. The van der Waals surface area contributed by atoms with Crippen molar-refractivity contribution in [2.24, 2.45) is 5.92 Å². The second kappa shape index (κ2) is 5.42. The summed E-state index contributed by atoms with van der Waals surface area (Å²) in [5.74, 6) is -0.812. The van der Waals surface area contributed by atoms with Crippen LogP contribution in [0.1, 0.15) is 30.3 Å². The number of amides is 1. The van der Waals surface area contributed by atoms with Gasteiger partial charge in [-0.2, -0.15) is 0 Å². The van der Waals surface area contributed by atoms with E-state index in [1.807, 2.05) is 13.8 Å². The van der Waals surface area contributed by atoms with Crippen molar-refractivity contribution in [2.45, 2.75) is 20.8 Å². The number of aromatic amines is 1. The second-order valence-corrected chi connectivity index (χ2v) is 4.22. The van der Waals surface area contributed by atoms with Crippen molar-refractivity contribution in [3.8, 4) is 0 Å². The molecule has 0 unspecified atom stereocenters. The molecule has 0 aliphatic carbocycles. The normalized spacial score (nSPS) is 10.6. The first-order valence-electron chi connectivity index (χ1n) is 5.30. The smallest absolute Gasteiger partial charge is 0.323 e. The van der Waals surface area contributed by atoms with Crippen LogP contribution >= 0.6 is 0 Å². The van der Waals surface area contributed by atoms with Crippen LogP contribution in [-0.4, -0.2) is 50.2 Å². The van der Waals surface area contributed by atoms with Gasteiger partial charge in [-0.3, -0.25) is 14.7 Å². The van der Waals surface area contributed by atoms with E-state index < -0.39 is 11.9 Å². The van der Waals surface area contributed by atoms with Gasteiger partial charge in [0.15, 0.2) is 0 Å². The minimum absolute atomic E-state index is 0.00407. The van der Waals surface area contributed by atoms with Crippen LogP contribution in [0.5, 0.6) is 0 Å². The van der Waals surface area contributed by atoms with Crippen LogP contribution in [0.25, 0.3) is 0 Å². The molecule has 7 heteroatoms. The molecule has 0 bridgehead atoms. The summed E-state index contributed by atoms with van der Waals surface area (Å²) in [7, 11) is 0. The van der Waals surface area contributed by atoms with Gasteiger partial charge in [0.05, 0.1) is 0 Å². The third-order valence-electron chi connectivity index (χ3n) is 1.99. The fourth-order valence-corrected chi connectivity index (χ4v) is 1.40. The number of aryl methyl sites for hydroxylation is 1. The van der Waals surface area contributed by atoms with E-state index in [9.17, 15) is 9.59 Å². The lowest BCUT2D eigenvalue weighted by Crippen LogP contribution is -2.38. The quantitative estimate of drug-likeness (QED) is 0.771. The predicted octanol–water partition coefficient (Wildman–Crippen LogP) is 0.296. The Morgan fingerprint density at radius 3 is 2.53 bits per heavy atom. The lowest BCUT2D eigenvalue weighted by atomic mass is 10.2. The molecule has 0 atom stereocenters. The molecule has 0 saturated heterocycles. The number of carboxylic acids is 1. The molecule has 0 aliphatic heterocycles. The van der Waals surface area contributed by atoms with Crippen molar-refractivity contribution in [3.63, 3.8) is 0 Å². The Hall–Kier alpha value is -1.92. The molecule has 0 aliphatic rings. The largest absolute Gasteiger partial charge is 0.480 e. The van der Waals surface area contributed by atoms with Gasteiger partial charge in [-0.25, -0.2) is 4.98 Å². The number of aromatic nitrogens is 3. The van der Waals surface area contributed by atoms with Crippen LogP contribution in [0.4, 0.5) is 0 Å². The third kappa shape index (κ3) is 3.86. The lowest BCUT2D eigenvalue weighted by molar-refractivity contribution is -0.137. The Labute approximate surface area is 98.8 Å². The number of hydrogen-bond donors (Lipinski definition) is 2. The number of rotatable bonds is 5. The van der Waals surface area contributed by atoms with Crippen LogP contribution < -0.4 is 0 Å². The molecule has 0 aromatic carbocycles. The minimum atomic E-state index is -1.05. The molecule has 1 heterocycles. The van der Waals surface area contributed by atoms with E-state index in [1.54, 1.807) is 6.92 Å². The zero-order valence-electron chi connectivity index (χ0n) is 10.1. The van der Waals surface area contributed by atoms with Gasteiger partial charge in [0.2, 0.25) is 5.82 Å². The van der Waals surface area contributed by atoms with E-state index in [4.69, 9.17) is 5.11 Å². The first-order valence-corrected chi connectivity index (χ1v) is 5.30. The van der Waals surface area contributed by atoms with Crippen LogP contribution in [-0.2, 0) is 4.79 Å². The highest BCUT2D eigenvalue weighted by Gasteiger charge is 2.22. The van der Waals surface area contributed by atoms with Gasteiger partial charge in [0, 0.05) is 6.54 Å². The number of nitrogens with one attached hydrogen (secondary N) is 1. The number of aliphatic carboxylic acids is 1. The van der Waals surface area contributed by atoms with Gasteiger partial charge in [-0.05, 0) is 12.8 Å². The van der Waals surface area contributed by atoms with Gasteiger partial charge in [-0.15, -0.1) is 5.10 Å². The first-order chi connectivity index (χ1) is 7.90. The van der Waals surface area contributed by atoms with E-state index in [2.05, 4.69) is 15.2 Å². The fraction of sp³-hybridized carbons (Fsp3) is 0.600.